The molecule has 1 aromatic heterocycles. The lowest BCUT2D eigenvalue weighted by molar-refractivity contribution is 0.884. The maximum atomic E-state index is 5.67. The lowest BCUT2D eigenvalue weighted by Gasteiger charge is -2.17. The summed E-state index contributed by atoms with van der Waals surface area (Å²) in [4.78, 5) is 10.6. The molecule has 0 spiro atoms. The Hall–Kier alpha value is -1.61. The van der Waals surface area contributed by atoms with E-state index in [4.69, 9.17) is 11.6 Å². The zero-order valence-corrected chi connectivity index (χ0v) is 10.4. The van der Waals surface area contributed by atoms with Crippen LogP contribution in [-0.4, -0.2) is 17.0 Å². The van der Waals surface area contributed by atoms with E-state index in [1.54, 1.807) is 12.4 Å². The number of rotatable bonds is 4. The van der Waals surface area contributed by atoms with Crippen LogP contribution in [-0.2, 0) is 12.4 Å². The quantitative estimate of drug-likeness (QED) is 0.778. The summed E-state index contributed by atoms with van der Waals surface area (Å²) in [5.41, 5.74) is 2.04. The highest BCUT2D eigenvalue weighted by Gasteiger charge is 2.03. The second-order valence-electron chi connectivity index (χ2n) is 3.84. The highest BCUT2D eigenvalue weighted by Crippen LogP contribution is 2.11. The van der Waals surface area contributed by atoms with E-state index >= 15 is 0 Å². The molecule has 0 N–H and O–H groups in total. The molecule has 2 rings (SSSR count). The molecule has 2 aromatic rings. The SMILES string of the molecule is CN(Cc1ccccc1)c1cnc(CCl)cn1. The Bertz CT molecular complexity index is 456. The van der Waals surface area contributed by atoms with Crippen molar-refractivity contribution in [2.24, 2.45) is 0 Å². The maximum Gasteiger partial charge on any atom is 0.147 e. The van der Waals surface area contributed by atoms with E-state index in [1.807, 2.05) is 25.2 Å². The minimum Gasteiger partial charge on any atom is -0.354 e. The van der Waals surface area contributed by atoms with Gasteiger partial charge in [-0.3, -0.25) is 4.98 Å². The van der Waals surface area contributed by atoms with Crippen LogP contribution in [0.25, 0.3) is 0 Å². The van der Waals surface area contributed by atoms with Crippen molar-refractivity contribution in [3.8, 4) is 0 Å². The Balaban J connectivity index is 2.06. The lowest BCUT2D eigenvalue weighted by Crippen LogP contribution is -2.17. The Morgan fingerprint density at radius 3 is 2.47 bits per heavy atom. The van der Waals surface area contributed by atoms with E-state index < -0.39 is 0 Å². The molecule has 1 heterocycles. The minimum absolute atomic E-state index is 0.398. The molecule has 0 atom stereocenters. The number of hydrogen-bond acceptors (Lipinski definition) is 3. The fourth-order valence-corrected chi connectivity index (χ4v) is 1.69. The first-order valence-electron chi connectivity index (χ1n) is 5.41. The topological polar surface area (TPSA) is 29.0 Å². The monoisotopic (exact) mass is 247 g/mol. The Morgan fingerprint density at radius 2 is 1.88 bits per heavy atom. The molecule has 88 valence electrons. The zero-order valence-electron chi connectivity index (χ0n) is 9.68. The van der Waals surface area contributed by atoms with Gasteiger partial charge in [0.2, 0.25) is 0 Å². The molecular formula is C13H14ClN3. The van der Waals surface area contributed by atoms with E-state index in [-0.39, 0.29) is 0 Å². The lowest BCUT2D eigenvalue weighted by atomic mass is 10.2. The molecular weight excluding hydrogens is 234 g/mol. The summed E-state index contributed by atoms with van der Waals surface area (Å²) in [5, 5.41) is 0. The normalized spacial score (nSPS) is 10.2. The average molecular weight is 248 g/mol. The number of alkyl halides is 1. The van der Waals surface area contributed by atoms with Crippen LogP contribution in [0.1, 0.15) is 11.3 Å². The van der Waals surface area contributed by atoms with Crippen molar-refractivity contribution in [3.05, 3.63) is 54.0 Å². The first kappa shape index (κ1) is 11.9. The molecule has 0 saturated carbocycles. The standard InChI is InChI=1S/C13H14ClN3/c1-17(10-11-5-3-2-4-6-11)13-9-15-12(7-14)8-16-13/h2-6,8-9H,7,10H2,1H3. The van der Waals surface area contributed by atoms with Gasteiger partial charge in [0.1, 0.15) is 5.82 Å². The third kappa shape index (κ3) is 3.17. The summed E-state index contributed by atoms with van der Waals surface area (Å²) >= 11 is 5.67. The van der Waals surface area contributed by atoms with Crippen LogP contribution in [0.3, 0.4) is 0 Å². The molecule has 3 nitrogen and oxygen atoms in total. The van der Waals surface area contributed by atoms with Gasteiger partial charge in [-0.2, -0.15) is 0 Å². The maximum absolute atomic E-state index is 5.67. The smallest absolute Gasteiger partial charge is 0.147 e. The molecule has 4 heteroatoms. The predicted molar refractivity (Wildman–Crippen MR) is 70.1 cm³/mol. The number of hydrogen-bond donors (Lipinski definition) is 0. The van der Waals surface area contributed by atoms with Crippen LogP contribution in [0.4, 0.5) is 5.82 Å². The fourth-order valence-electron chi connectivity index (χ4n) is 1.55. The summed E-state index contributed by atoms with van der Waals surface area (Å²) in [6.07, 6.45) is 3.46. The molecule has 0 saturated heterocycles. The minimum atomic E-state index is 0.398. The molecule has 0 fully saturated rings. The first-order chi connectivity index (χ1) is 8.29. The van der Waals surface area contributed by atoms with Crippen molar-refractivity contribution >= 4 is 17.4 Å². The molecule has 0 aliphatic rings. The van der Waals surface area contributed by atoms with Gasteiger partial charge >= 0.3 is 0 Å². The second kappa shape index (κ2) is 5.64. The van der Waals surface area contributed by atoms with Crippen molar-refractivity contribution in [3.63, 3.8) is 0 Å². The summed E-state index contributed by atoms with van der Waals surface area (Å²) < 4.78 is 0. The van der Waals surface area contributed by atoms with Gasteiger partial charge in [-0.1, -0.05) is 30.3 Å². The van der Waals surface area contributed by atoms with Crippen molar-refractivity contribution in [1.29, 1.82) is 0 Å². The molecule has 0 radical (unpaired) electrons. The van der Waals surface area contributed by atoms with Gasteiger partial charge in [0.15, 0.2) is 0 Å². The van der Waals surface area contributed by atoms with Crippen molar-refractivity contribution in [2.45, 2.75) is 12.4 Å². The number of aromatic nitrogens is 2. The molecule has 0 unspecified atom stereocenters. The van der Waals surface area contributed by atoms with Crippen LogP contribution < -0.4 is 4.90 Å². The number of nitrogens with zero attached hydrogens (tertiary/aromatic N) is 3. The number of halogens is 1. The third-order valence-corrected chi connectivity index (χ3v) is 2.76. The summed E-state index contributed by atoms with van der Waals surface area (Å²) in [6, 6.07) is 10.3. The Labute approximate surface area is 106 Å². The van der Waals surface area contributed by atoms with Crippen LogP contribution in [0.5, 0.6) is 0 Å². The third-order valence-electron chi connectivity index (χ3n) is 2.48. The van der Waals surface area contributed by atoms with E-state index in [1.165, 1.54) is 5.56 Å². The van der Waals surface area contributed by atoms with Crippen LogP contribution in [0, 0.1) is 0 Å². The Morgan fingerprint density at radius 1 is 1.12 bits per heavy atom. The molecule has 1 aromatic carbocycles. The van der Waals surface area contributed by atoms with Crippen LogP contribution in [0.2, 0.25) is 0 Å². The molecule has 0 aliphatic carbocycles. The van der Waals surface area contributed by atoms with Gasteiger partial charge < -0.3 is 4.90 Å². The summed E-state index contributed by atoms with van der Waals surface area (Å²) in [6.45, 7) is 0.815. The van der Waals surface area contributed by atoms with Gasteiger partial charge in [0.05, 0.1) is 24.0 Å². The summed E-state index contributed by atoms with van der Waals surface area (Å²) in [7, 11) is 2.00. The first-order valence-corrected chi connectivity index (χ1v) is 5.95. The van der Waals surface area contributed by atoms with Crippen LogP contribution in [0.15, 0.2) is 42.7 Å². The Kier molecular flexibility index (Phi) is 3.94. The molecule has 0 amide bonds. The van der Waals surface area contributed by atoms with Gasteiger partial charge in [0, 0.05) is 13.6 Å². The van der Waals surface area contributed by atoms with Gasteiger partial charge in [-0.15, -0.1) is 11.6 Å². The zero-order chi connectivity index (χ0) is 12.1. The highest BCUT2D eigenvalue weighted by atomic mass is 35.5. The second-order valence-corrected chi connectivity index (χ2v) is 4.11. The van der Waals surface area contributed by atoms with Crippen molar-refractivity contribution in [2.75, 3.05) is 11.9 Å². The molecule has 0 bridgehead atoms. The van der Waals surface area contributed by atoms with E-state index in [9.17, 15) is 0 Å². The van der Waals surface area contributed by atoms with Gasteiger partial charge in [0.25, 0.3) is 0 Å². The number of benzene rings is 1. The van der Waals surface area contributed by atoms with E-state index in [2.05, 4.69) is 27.0 Å². The van der Waals surface area contributed by atoms with Crippen molar-refractivity contribution < 1.29 is 0 Å². The predicted octanol–water partition coefficient (Wildman–Crippen LogP) is 2.85. The van der Waals surface area contributed by atoms with Crippen LogP contribution >= 0.6 is 11.6 Å². The summed E-state index contributed by atoms with van der Waals surface area (Å²) in [5.74, 6) is 1.25. The number of anilines is 1. The van der Waals surface area contributed by atoms with Gasteiger partial charge in [-0.05, 0) is 5.56 Å². The molecule has 17 heavy (non-hydrogen) atoms. The van der Waals surface area contributed by atoms with Gasteiger partial charge in [-0.25, -0.2) is 4.98 Å². The fraction of sp³-hybridized carbons (Fsp3) is 0.231. The highest BCUT2D eigenvalue weighted by molar-refractivity contribution is 6.16. The van der Waals surface area contributed by atoms with Crippen molar-refractivity contribution in [1.82, 2.24) is 9.97 Å². The average Bonchev–Trinajstić information content (AvgIpc) is 2.40. The molecule has 0 aliphatic heterocycles. The van der Waals surface area contributed by atoms with E-state index in [0.29, 0.717) is 5.88 Å². The van der Waals surface area contributed by atoms with E-state index in [0.717, 1.165) is 18.1 Å². The largest absolute Gasteiger partial charge is 0.354 e.